The summed E-state index contributed by atoms with van der Waals surface area (Å²) in [7, 11) is 0. The average Bonchev–Trinajstić information content (AvgIpc) is 2.32. The van der Waals surface area contributed by atoms with Gasteiger partial charge in [-0.25, -0.2) is 8.78 Å². The van der Waals surface area contributed by atoms with Gasteiger partial charge in [0.15, 0.2) is 5.96 Å². The molecule has 0 bridgehead atoms. The lowest BCUT2D eigenvalue weighted by Crippen LogP contribution is -2.37. The Morgan fingerprint density at radius 1 is 1.42 bits per heavy atom. The predicted octanol–water partition coefficient (Wildman–Crippen LogP) is 2.00. The summed E-state index contributed by atoms with van der Waals surface area (Å²) >= 11 is 0. The van der Waals surface area contributed by atoms with Crippen molar-refractivity contribution in [3.63, 3.8) is 0 Å². The third-order valence-electron chi connectivity index (χ3n) is 3.33. The minimum Gasteiger partial charge on any atom is -0.390 e. The van der Waals surface area contributed by atoms with Crippen LogP contribution in [0.3, 0.4) is 0 Å². The summed E-state index contributed by atoms with van der Waals surface area (Å²) in [6.45, 7) is 0.353. The van der Waals surface area contributed by atoms with Crippen LogP contribution >= 0.6 is 0 Å². The quantitative estimate of drug-likeness (QED) is 0.578. The molecule has 1 fully saturated rings. The molecule has 1 aliphatic rings. The van der Waals surface area contributed by atoms with Gasteiger partial charge in [0.25, 0.3) is 0 Å². The van der Waals surface area contributed by atoms with Gasteiger partial charge < -0.3 is 16.2 Å². The highest BCUT2D eigenvalue weighted by atomic mass is 19.1. The summed E-state index contributed by atoms with van der Waals surface area (Å²) in [6.07, 6.45) is 3.13. The standard InChI is InChI=1S/C13H17F2N3O/c14-9-2-3-10(15)11(8-9)18-12(16)17-7-6-13(19)4-1-5-13/h2-3,8,19H,1,4-7H2,(H3,16,17,18). The first-order valence-electron chi connectivity index (χ1n) is 6.23. The first-order valence-corrected chi connectivity index (χ1v) is 6.23. The lowest BCUT2D eigenvalue weighted by atomic mass is 9.78. The maximum Gasteiger partial charge on any atom is 0.193 e. The molecule has 0 amide bonds. The summed E-state index contributed by atoms with van der Waals surface area (Å²) in [5, 5.41) is 12.4. The van der Waals surface area contributed by atoms with Crippen molar-refractivity contribution in [2.45, 2.75) is 31.3 Å². The Morgan fingerprint density at radius 3 is 2.79 bits per heavy atom. The highest BCUT2D eigenvalue weighted by Gasteiger charge is 2.33. The largest absolute Gasteiger partial charge is 0.390 e. The minimum atomic E-state index is -0.617. The maximum absolute atomic E-state index is 13.3. The van der Waals surface area contributed by atoms with Crippen molar-refractivity contribution >= 4 is 11.6 Å². The second kappa shape index (κ2) is 5.52. The number of nitrogens with zero attached hydrogens (tertiary/aromatic N) is 1. The second-order valence-electron chi connectivity index (χ2n) is 4.84. The van der Waals surface area contributed by atoms with Crippen LogP contribution in [0.4, 0.5) is 14.5 Å². The molecule has 4 nitrogen and oxygen atoms in total. The van der Waals surface area contributed by atoms with Crippen molar-refractivity contribution in [2.75, 3.05) is 11.9 Å². The van der Waals surface area contributed by atoms with E-state index in [1.165, 1.54) is 0 Å². The number of nitrogens with two attached hydrogens (primary N) is 1. The highest BCUT2D eigenvalue weighted by molar-refractivity contribution is 5.92. The van der Waals surface area contributed by atoms with Crippen LogP contribution in [0.2, 0.25) is 0 Å². The fourth-order valence-corrected chi connectivity index (χ4v) is 1.99. The zero-order valence-corrected chi connectivity index (χ0v) is 10.5. The first-order chi connectivity index (χ1) is 8.98. The van der Waals surface area contributed by atoms with Gasteiger partial charge in [-0.3, -0.25) is 4.99 Å². The smallest absolute Gasteiger partial charge is 0.193 e. The van der Waals surface area contributed by atoms with Crippen LogP contribution < -0.4 is 11.1 Å². The van der Waals surface area contributed by atoms with Gasteiger partial charge in [-0.05, 0) is 37.8 Å². The number of rotatable bonds is 4. The Bertz CT molecular complexity index is 487. The molecule has 1 saturated carbocycles. The van der Waals surface area contributed by atoms with E-state index < -0.39 is 17.2 Å². The van der Waals surface area contributed by atoms with Crippen LogP contribution in [0.15, 0.2) is 23.2 Å². The zero-order valence-electron chi connectivity index (χ0n) is 10.5. The van der Waals surface area contributed by atoms with Crippen LogP contribution in [0.25, 0.3) is 0 Å². The first kappa shape index (κ1) is 13.7. The molecule has 1 aromatic carbocycles. The van der Waals surface area contributed by atoms with Gasteiger partial charge in [0.1, 0.15) is 11.6 Å². The summed E-state index contributed by atoms with van der Waals surface area (Å²) in [6, 6.07) is 3.05. The zero-order chi connectivity index (χ0) is 13.9. The number of aliphatic hydroxyl groups is 1. The van der Waals surface area contributed by atoms with Gasteiger partial charge >= 0.3 is 0 Å². The van der Waals surface area contributed by atoms with Crippen molar-refractivity contribution < 1.29 is 13.9 Å². The molecule has 0 radical (unpaired) electrons. The normalized spacial score (nSPS) is 17.9. The SMILES string of the molecule is NC(=NCCC1(O)CCC1)Nc1cc(F)ccc1F. The third-order valence-corrected chi connectivity index (χ3v) is 3.33. The van der Waals surface area contributed by atoms with Crippen LogP contribution in [0.5, 0.6) is 0 Å². The van der Waals surface area contributed by atoms with Gasteiger partial charge in [-0.1, -0.05) is 0 Å². The van der Waals surface area contributed by atoms with Gasteiger partial charge in [0.05, 0.1) is 11.3 Å². The molecular formula is C13H17F2N3O. The molecule has 0 unspecified atom stereocenters. The number of nitrogens with one attached hydrogen (secondary N) is 1. The fourth-order valence-electron chi connectivity index (χ4n) is 1.99. The second-order valence-corrected chi connectivity index (χ2v) is 4.84. The van der Waals surface area contributed by atoms with Gasteiger partial charge in [0.2, 0.25) is 0 Å². The third kappa shape index (κ3) is 3.64. The van der Waals surface area contributed by atoms with Gasteiger partial charge in [-0.2, -0.15) is 0 Å². The van der Waals surface area contributed by atoms with Crippen molar-refractivity contribution in [3.8, 4) is 0 Å². The number of benzene rings is 1. The molecule has 0 aromatic heterocycles. The molecule has 2 rings (SSSR count). The van der Waals surface area contributed by atoms with Crippen LogP contribution in [0.1, 0.15) is 25.7 Å². The summed E-state index contributed by atoms with van der Waals surface area (Å²) < 4.78 is 26.3. The Morgan fingerprint density at radius 2 is 2.16 bits per heavy atom. The molecule has 0 heterocycles. The lowest BCUT2D eigenvalue weighted by Gasteiger charge is -2.36. The number of anilines is 1. The van der Waals surface area contributed by atoms with Gasteiger partial charge in [-0.15, -0.1) is 0 Å². The number of hydrogen-bond acceptors (Lipinski definition) is 2. The predicted molar refractivity (Wildman–Crippen MR) is 69.9 cm³/mol. The van der Waals surface area contributed by atoms with E-state index in [0.717, 1.165) is 37.5 Å². The molecule has 1 aliphatic carbocycles. The van der Waals surface area contributed by atoms with Crippen LogP contribution in [-0.4, -0.2) is 23.2 Å². The van der Waals surface area contributed by atoms with Crippen molar-refractivity contribution in [3.05, 3.63) is 29.8 Å². The van der Waals surface area contributed by atoms with E-state index in [9.17, 15) is 13.9 Å². The van der Waals surface area contributed by atoms with Crippen molar-refractivity contribution in [1.82, 2.24) is 0 Å². The maximum atomic E-state index is 13.3. The Balaban J connectivity index is 1.89. The topological polar surface area (TPSA) is 70.6 Å². The Hall–Kier alpha value is -1.69. The fraction of sp³-hybridized carbons (Fsp3) is 0.462. The van der Waals surface area contributed by atoms with Crippen molar-refractivity contribution in [1.29, 1.82) is 0 Å². The van der Waals surface area contributed by atoms with Crippen LogP contribution in [0, 0.1) is 11.6 Å². The molecule has 104 valence electrons. The van der Waals surface area contributed by atoms with Crippen molar-refractivity contribution in [2.24, 2.45) is 10.7 Å². The van der Waals surface area contributed by atoms with Gasteiger partial charge in [0, 0.05) is 12.6 Å². The monoisotopic (exact) mass is 269 g/mol. The van der Waals surface area contributed by atoms with E-state index in [1.54, 1.807) is 0 Å². The van der Waals surface area contributed by atoms with E-state index in [0.29, 0.717) is 13.0 Å². The van der Waals surface area contributed by atoms with E-state index in [2.05, 4.69) is 10.3 Å². The molecule has 6 heteroatoms. The Labute approximate surface area is 110 Å². The Kier molecular flexibility index (Phi) is 3.99. The molecular weight excluding hydrogens is 252 g/mol. The summed E-state index contributed by atoms with van der Waals surface area (Å²) in [5.41, 5.74) is 4.91. The average molecular weight is 269 g/mol. The molecule has 0 saturated heterocycles. The summed E-state index contributed by atoms with van der Waals surface area (Å²) in [4.78, 5) is 3.99. The molecule has 0 spiro atoms. The number of guanidine groups is 1. The number of halogens is 2. The molecule has 19 heavy (non-hydrogen) atoms. The molecule has 0 aliphatic heterocycles. The molecule has 0 atom stereocenters. The van der Waals surface area contributed by atoms with E-state index >= 15 is 0 Å². The highest BCUT2D eigenvalue weighted by Crippen LogP contribution is 2.34. The number of hydrogen-bond donors (Lipinski definition) is 3. The molecule has 1 aromatic rings. The minimum absolute atomic E-state index is 0.00687. The number of aliphatic imine (C=N–C) groups is 1. The summed E-state index contributed by atoms with van der Waals surface area (Å²) in [5.74, 6) is -1.15. The van der Waals surface area contributed by atoms with E-state index in [1.807, 2.05) is 0 Å². The molecule has 4 N–H and O–H groups in total. The van der Waals surface area contributed by atoms with E-state index in [-0.39, 0.29) is 11.6 Å². The van der Waals surface area contributed by atoms with Crippen LogP contribution in [-0.2, 0) is 0 Å². The van der Waals surface area contributed by atoms with E-state index in [4.69, 9.17) is 5.73 Å². The lowest BCUT2D eigenvalue weighted by molar-refractivity contribution is -0.0377.